The first-order valence-electron chi connectivity index (χ1n) is 5.43. The second-order valence-corrected chi connectivity index (χ2v) is 4.00. The van der Waals surface area contributed by atoms with E-state index in [9.17, 15) is 0 Å². The summed E-state index contributed by atoms with van der Waals surface area (Å²) in [4.78, 5) is 8.29. The van der Waals surface area contributed by atoms with Crippen LogP contribution in [0.5, 0.6) is 0 Å². The number of hydrogen-bond acceptors (Lipinski definition) is 3. The molecular formula is C14H8N2O. The average Bonchev–Trinajstić information content (AvgIpc) is 2.78. The highest BCUT2D eigenvalue weighted by Gasteiger charge is 2.09. The molecular weight excluding hydrogens is 212 g/mol. The van der Waals surface area contributed by atoms with E-state index in [0.29, 0.717) is 0 Å². The summed E-state index contributed by atoms with van der Waals surface area (Å²) in [6.45, 7) is 0. The zero-order valence-corrected chi connectivity index (χ0v) is 8.92. The highest BCUT2D eigenvalue weighted by Crippen LogP contribution is 2.32. The largest absolute Gasteiger partial charge is 0.455 e. The van der Waals surface area contributed by atoms with Crippen molar-refractivity contribution < 1.29 is 4.42 Å². The summed E-state index contributed by atoms with van der Waals surface area (Å²) >= 11 is 0. The first kappa shape index (κ1) is 8.70. The quantitative estimate of drug-likeness (QED) is 0.455. The minimum atomic E-state index is 0.865. The van der Waals surface area contributed by atoms with Crippen LogP contribution >= 0.6 is 0 Å². The van der Waals surface area contributed by atoms with Crippen molar-refractivity contribution in [1.82, 2.24) is 9.97 Å². The standard InChI is InChI=1S/C14H8N2O/c1-2-4-13-9(3-1)10-5-6-12-11(14(10)17-13)7-15-8-16-12/h1-8H. The van der Waals surface area contributed by atoms with Gasteiger partial charge < -0.3 is 4.42 Å². The molecule has 0 amide bonds. The fourth-order valence-corrected chi connectivity index (χ4v) is 2.24. The Labute approximate surface area is 96.7 Å². The average molecular weight is 220 g/mol. The Morgan fingerprint density at radius 1 is 0.882 bits per heavy atom. The minimum absolute atomic E-state index is 0.865. The SMILES string of the molecule is c1ccc2c(c1)oc1c3cncnc3ccc21. The molecule has 0 N–H and O–H groups in total. The highest BCUT2D eigenvalue weighted by atomic mass is 16.3. The molecule has 0 aliphatic heterocycles. The van der Waals surface area contributed by atoms with Crippen LogP contribution in [-0.4, -0.2) is 9.97 Å². The lowest BCUT2D eigenvalue weighted by atomic mass is 10.1. The van der Waals surface area contributed by atoms with E-state index in [1.54, 1.807) is 12.5 Å². The Morgan fingerprint density at radius 2 is 1.82 bits per heavy atom. The van der Waals surface area contributed by atoms with Crippen LogP contribution in [0.4, 0.5) is 0 Å². The summed E-state index contributed by atoms with van der Waals surface area (Å²) in [6.07, 6.45) is 3.35. The van der Waals surface area contributed by atoms with Gasteiger partial charge >= 0.3 is 0 Å². The summed E-state index contributed by atoms with van der Waals surface area (Å²) < 4.78 is 5.89. The Bertz CT molecular complexity index is 848. The Kier molecular flexibility index (Phi) is 1.56. The molecule has 4 rings (SSSR count). The number of hydrogen-bond donors (Lipinski definition) is 0. The van der Waals surface area contributed by atoms with Gasteiger partial charge in [-0.2, -0.15) is 0 Å². The molecule has 0 saturated heterocycles. The van der Waals surface area contributed by atoms with E-state index in [1.807, 2.05) is 24.3 Å². The number of nitrogens with zero attached hydrogens (tertiary/aromatic N) is 2. The molecule has 0 aliphatic rings. The maximum atomic E-state index is 5.89. The Balaban J connectivity index is 2.34. The van der Waals surface area contributed by atoms with Crippen LogP contribution in [0.1, 0.15) is 0 Å². The zero-order valence-electron chi connectivity index (χ0n) is 8.92. The van der Waals surface area contributed by atoms with Gasteiger partial charge in [-0.15, -0.1) is 0 Å². The van der Waals surface area contributed by atoms with Gasteiger partial charge in [-0.3, -0.25) is 0 Å². The second kappa shape index (κ2) is 3.04. The van der Waals surface area contributed by atoms with Crippen molar-refractivity contribution in [2.75, 3.05) is 0 Å². The lowest BCUT2D eigenvalue weighted by molar-refractivity contribution is 0.672. The Hall–Kier alpha value is -2.42. The van der Waals surface area contributed by atoms with Crippen molar-refractivity contribution in [2.45, 2.75) is 0 Å². The smallest absolute Gasteiger partial charge is 0.146 e. The predicted octanol–water partition coefficient (Wildman–Crippen LogP) is 3.53. The van der Waals surface area contributed by atoms with Gasteiger partial charge in [0.15, 0.2) is 0 Å². The lowest BCUT2D eigenvalue weighted by Gasteiger charge is -1.95. The van der Waals surface area contributed by atoms with Gasteiger partial charge in [0.25, 0.3) is 0 Å². The summed E-state index contributed by atoms with van der Waals surface area (Å²) in [5, 5.41) is 3.21. The second-order valence-electron chi connectivity index (χ2n) is 4.00. The number of benzene rings is 2. The van der Waals surface area contributed by atoms with Gasteiger partial charge in [-0.25, -0.2) is 9.97 Å². The van der Waals surface area contributed by atoms with E-state index in [2.05, 4.69) is 22.1 Å². The fourth-order valence-electron chi connectivity index (χ4n) is 2.24. The van der Waals surface area contributed by atoms with Crippen molar-refractivity contribution in [3.8, 4) is 0 Å². The van der Waals surface area contributed by atoms with Crippen LogP contribution in [0.25, 0.3) is 32.8 Å². The number of para-hydroxylation sites is 1. The van der Waals surface area contributed by atoms with Gasteiger partial charge in [0, 0.05) is 17.0 Å². The molecule has 0 radical (unpaired) electrons. The number of rotatable bonds is 0. The zero-order chi connectivity index (χ0) is 11.2. The van der Waals surface area contributed by atoms with E-state index < -0.39 is 0 Å². The van der Waals surface area contributed by atoms with Crippen molar-refractivity contribution >= 4 is 32.8 Å². The monoisotopic (exact) mass is 220 g/mol. The molecule has 0 atom stereocenters. The van der Waals surface area contributed by atoms with Crippen LogP contribution in [-0.2, 0) is 0 Å². The Morgan fingerprint density at radius 3 is 2.82 bits per heavy atom. The molecule has 17 heavy (non-hydrogen) atoms. The molecule has 0 saturated carbocycles. The van der Waals surface area contributed by atoms with Crippen LogP contribution in [0.15, 0.2) is 53.3 Å². The molecule has 3 heteroatoms. The van der Waals surface area contributed by atoms with Gasteiger partial charge in [-0.1, -0.05) is 18.2 Å². The number of furan rings is 1. The van der Waals surface area contributed by atoms with Crippen molar-refractivity contribution in [1.29, 1.82) is 0 Å². The van der Waals surface area contributed by atoms with Crippen molar-refractivity contribution in [2.24, 2.45) is 0 Å². The first-order valence-corrected chi connectivity index (χ1v) is 5.43. The fraction of sp³-hybridized carbons (Fsp3) is 0. The highest BCUT2D eigenvalue weighted by molar-refractivity contribution is 6.13. The third kappa shape index (κ3) is 1.11. The van der Waals surface area contributed by atoms with E-state index in [4.69, 9.17) is 4.42 Å². The molecule has 0 bridgehead atoms. The third-order valence-corrected chi connectivity index (χ3v) is 3.03. The molecule has 2 aromatic heterocycles. The predicted molar refractivity (Wildman–Crippen MR) is 66.8 cm³/mol. The van der Waals surface area contributed by atoms with Crippen LogP contribution in [0.3, 0.4) is 0 Å². The molecule has 4 aromatic rings. The van der Waals surface area contributed by atoms with E-state index in [1.165, 1.54) is 0 Å². The number of fused-ring (bicyclic) bond motifs is 5. The molecule has 3 nitrogen and oxygen atoms in total. The lowest BCUT2D eigenvalue weighted by Crippen LogP contribution is -1.80. The summed E-state index contributed by atoms with van der Waals surface area (Å²) in [5.41, 5.74) is 2.68. The van der Waals surface area contributed by atoms with Gasteiger partial charge in [0.2, 0.25) is 0 Å². The molecule has 0 fully saturated rings. The van der Waals surface area contributed by atoms with E-state index in [0.717, 1.165) is 32.8 Å². The summed E-state index contributed by atoms with van der Waals surface area (Å²) in [5.74, 6) is 0. The molecule has 2 heterocycles. The van der Waals surface area contributed by atoms with Crippen molar-refractivity contribution in [3.05, 3.63) is 48.9 Å². The van der Waals surface area contributed by atoms with Gasteiger partial charge in [-0.05, 0) is 18.2 Å². The molecule has 0 unspecified atom stereocenters. The van der Waals surface area contributed by atoms with E-state index in [-0.39, 0.29) is 0 Å². The molecule has 0 spiro atoms. The minimum Gasteiger partial charge on any atom is -0.455 e. The maximum absolute atomic E-state index is 5.89. The van der Waals surface area contributed by atoms with Crippen molar-refractivity contribution in [3.63, 3.8) is 0 Å². The molecule has 2 aromatic carbocycles. The van der Waals surface area contributed by atoms with Gasteiger partial charge in [0.05, 0.1) is 10.9 Å². The topological polar surface area (TPSA) is 38.9 Å². The molecule has 80 valence electrons. The van der Waals surface area contributed by atoms with Crippen LogP contribution in [0, 0.1) is 0 Å². The van der Waals surface area contributed by atoms with Gasteiger partial charge in [0.1, 0.15) is 17.5 Å². The summed E-state index contributed by atoms with van der Waals surface area (Å²) in [7, 11) is 0. The molecule has 0 aliphatic carbocycles. The van der Waals surface area contributed by atoms with Crippen LogP contribution < -0.4 is 0 Å². The number of aromatic nitrogens is 2. The normalized spacial score (nSPS) is 11.5. The first-order chi connectivity index (χ1) is 8.43. The van der Waals surface area contributed by atoms with E-state index >= 15 is 0 Å². The van der Waals surface area contributed by atoms with Crippen LogP contribution in [0.2, 0.25) is 0 Å². The third-order valence-electron chi connectivity index (χ3n) is 3.03. The summed E-state index contributed by atoms with van der Waals surface area (Å²) in [6, 6.07) is 12.1. The maximum Gasteiger partial charge on any atom is 0.146 e.